The number of nitro groups is 1. The Morgan fingerprint density at radius 3 is 2.33 bits per heavy atom. The summed E-state index contributed by atoms with van der Waals surface area (Å²) in [6.07, 6.45) is 3.71. The van der Waals surface area contributed by atoms with Gasteiger partial charge in [0.1, 0.15) is 0 Å². The van der Waals surface area contributed by atoms with E-state index in [4.69, 9.17) is 0 Å². The van der Waals surface area contributed by atoms with Crippen molar-refractivity contribution in [1.29, 1.82) is 0 Å². The first-order chi connectivity index (χ1) is 11.6. The van der Waals surface area contributed by atoms with Crippen LogP contribution in [0.4, 0.5) is 5.69 Å². The summed E-state index contributed by atoms with van der Waals surface area (Å²) in [6.45, 7) is 7.42. The molecule has 126 valence electrons. The van der Waals surface area contributed by atoms with Gasteiger partial charge in [0.05, 0.1) is 4.92 Å². The molecule has 0 spiro atoms. The average Bonchev–Trinajstić information content (AvgIpc) is 2.59. The Bertz CT molecular complexity index is 697. The maximum atomic E-state index is 11.1. The van der Waals surface area contributed by atoms with E-state index < -0.39 is 0 Å². The van der Waals surface area contributed by atoms with Gasteiger partial charge in [-0.3, -0.25) is 24.9 Å². The highest BCUT2D eigenvalue weighted by Gasteiger charge is 2.18. The van der Waals surface area contributed by atoms with E-state index in [1.54, 1.807) is 19.2 Å². The standard InChI is InChI=1S/C18H22N4O2/c1-15-4-5-16(11-18(15)22(23)24)13-20-7-9-21(10-8-20)14-17-3-2-6-19-12-17/h2-6,11-12H,7-10,13-14H2,1H3. The first-order valence-electron chi connectivity index (χ1n) is 8.19. The van der Waals surface area contributed by atoms with Gasteiger partial charge in [0.2, 0.25) is 0 Å². The molecule has 0 unspecified atom stereocenters. The van der Waals surface area contributed by atoms with Crippen molar-refractivity contribution in [3.8, 4) is 0 Å². The van der Waals surface area contributed by atoms with Crippen LogP contribution in [0.1, 0.15) is 16.7 Å². The highest BCUT2D eigenvalue weighted by Crippen LogP contribution is 2.20. The third kappa shape index (κ3) is 4.15. The quantitative estimate of drug-likeness (QED) is 0.624. The van der Waals surface area contributed by atoms with Gasteiger partial charge in [-0.2, -0.15) is 0 Å². The minimum absolute atomic E-state index is 0.211. The second kappa shape index (κ2) is 7.51. The molecule has 1 fully saturated rings. The normalized spacial score (nSPS) is 16.2. The van der Waals surface area contributed by atoms with Crippen LogP contribution in [-0.4, -0.2) is 45.9 Å². The molecule has 0 atom stereocenters. The summed E-state index contributed by atoms with van der Waals surface area (Å²) in [7, 11) is 0. The monoisotopic (exact) mass is 326 g/mol. The molecule has 3 rings (SSSR count). The zero-order valence-corrected chi connectivity index (χ0v) is 13.9. The van der Waals surface area contributed by atoms with Gasteiger partial charge in [-0.25, -0.2) is 0 Å². The fourth-order valence-corrected chi connectivity index (χ4v) is 3.06. The molecule has 24 heavy (non-hydrogen) atoms. The van der Waals surface area contributed by atoms with Crippen LogP contribution >= 0.6 is 0 Å². The van der Waals surface area contributed by atoms with Gasteiger partial charge in [0.25, 0.3) is 5.69 Å². The molecular weight excluding hydrogens is 304 g/mol. The Hall–Kier alpha value is -2.31. The molecular formula is C18H22N4O2. The first-order valence-corrected chi connectivity index (χ1v) is 8.19. The summed E-state index contributed by atoms with van der Waals surface area (Å²) in [4.78, 5) is 19.7. The highest BCUT2D eigenvalue weighted by molar-refractivity contribution is 5.42. The Labute approximate surface area is 141 Å². The number of pyridine rings is 1. The van der Waals surface area contributed by atoms with Gasteiger partial charge in [-0.15, -0.1) is 0 Å². The van der Waals surface area contributed by atoms with E-state index in [0.29, 0.717) is 5.56 Å². The zero-order chi connectivity index (χ0) is 16.9. The van der Waals surface area contributed by atoms with Crippen molar-refractivity contribution in [2.75, 3.05) is 26.2 Å². The lowest BCUT2D eigenvalue weighted by Gasteiger charge is -2.34. The van der Waals surface area contributed by atoms with Crippen molar-refractivity contribution in [2.24, 2.45) is 0 Å². The maximum absolute atomic E-state index is 11.1. The molecule has 1 aliphatic heterocycles. The molecule has 6 heteroatoms. The van der Waals surface area contributed by atoms with E-state index in [9.17, 15) is 10.1 Å². The average molecular weight is 326 g/mol. The Morgan fingerprint density at radius 2 is 1.75 bits per heavy atom. The van der Waals surface area contributed by atoms with E-state index in [-0.39, 0.29) is 10.6 Å². The van der Waals surface area contributed by atoms with Crippen LogP contribution in [-0.2, 0) is 13.1 Å². The molecule has 0 radical (unpaired) electrons. The second-order valence-corrected chi connectivity index (χ2v) is 6.29. The largest absolute Gasteiger partial charge is 0.297 e. The Kier molecular flexibility index (Phi) is 5.17. The van der Waals surface area contributed by atoms with Gasteiger partial charge in [-0.05, 0) is 24.1 Å². The van der Waals surface area contributed by atoms with E-state index in [0.717, 1.165) is 44.8 Å². The molecule has 0 N–H and O–H groups in total. The molecule has 0 amide bonds. The minimum atomic E-state index is -0.301. The van der Waals surface area contributed by atoms with E-state index in [1.165, 1.54) is 5.56 Å². The van der Waals surface area contributed by atoms with Crippen LogP contribution in [0, 0.1) is 17.0 Å². The number of aromatic nitrogens is 1. The Morgan fingerprint density at radius 1 is 1.08 bits per heavy atom. The predicted octanol–water partition coefficient (Wildman–Crippen LogP) is 2.62. The minimum Gasteiger partial charge on any atom is -0.297 e. The number of rotatable bonds is 5. The smallest absolute Gasteiger partial charge is 0.272 e. The lowest BCUT2D eigenvalue weighted by Crippen LogP contribution is -2.45. The van der Waals surface area contributed by atoms with Crippen molar-refractivity contribution in [3.05, 3.63) is 69.5 Å². The van der Waals surface area contributed by atoms with Gasteiger partial charge in [-0.1, -0.05) is 18.2 Å². The summed E-state index contributed by atoms with van der Waals surface area (Å²) in [5.41, 5.74) is 3.17. The molecule has 1 aliphatic rings. The molecule has 1 aromatic carbocycles. The molecule has 0 aliphatic carbocycles. The van der Waals surface area contributed by atoms with Crippen molar-refractivity contribution < 1.29 is 4.92 Å². The molecule has 2 aromatic rings. The summed E-state index contributed by atoms with van der Waals surface area (Å²) < 4.78 is 0. The number of hydrogen-bond acceptors (Lipinski definition) is 5. The molecule has 0 bridgehead atoms. The van der Waals surface area contributed by atoms with Crippen LogP contribution < -0.4 is 0 Å². The summed E-state index contributed by atoms with van der Waals surface area (Å²) in [6, 6.07) is 9.61. The van der Waals surface area contributed by atoms with Crippen molar-refractivity contribution >= 4 is 5.69 Å². The third-order valence-corrected chi connectivity index (χ3v) is 4.47. The third-order valence-electron chi connectivity index (χ3n) is 4.47. The van der Waals surface area contributed by atoms with Crippen LogP contribution in [0.2, 0.25) is 0 Å². The molecule has 0 saturated carbocycles. The van der Waals surface area contributed by atoms with Crippen molar-refractivity contribution in [2.45, 2.75) is 20.0 Å². The number of nitro benzene ring substituents is 1. The summed E-state index contributed by atoms with van der Waals surface area (Å²) >= 11 is 0. The lowest BCUT2D eigenvalue weighted by atomic mass is 10.1. The van der Waals surface area contributed by atoms with Gasteiger partial charge >= 0.3 is 0 Å². The molecule has 1 saturated heterocycles. The zero-order valence-electron chi connectivity index (χ0n) is 13.9. The van der Waals surface area contributed by atoms with Crippen LogP contribution in [0.15, 0.2) is 42.7 Å². The van der Waals surface area contributed by atoms with Gasteiger partial charge in [0.15, 0.2) is 0 Å². The fourth-order valence-electron chi connectivity index (χ4n) is 3.06. The van der Waals surface area contributed by atoms with E-state index in [1.807, 2.05) is 24.4 Å². The predicted molar refractivity (Wildman–Crippen MR) is 92.6 cm³/mol. The van der Waals surface area contributed by atoms with Gasteiger partial charge in [0, 0.05) is 63.3 Å². The topological polar surface area (TPSA) is 62.5 Å². The molecule has 1 aromatic heterocycles. The SMILES string of the molecule is Cc1ccc(CN2CCN(Cc3cccnc3)CC2)cc1[N+](=O)[O-]. The van der Waals surface area contributed by atoms with E-state index >= 15 is 0 Å². The summed E-state index contributed by atoms with van der Waals surface area (Å²) in [5, 5.41) is 11.1. The molecule has 2 heterocycles. The number of nitrogens with zero attached hydrogens (tertiary/aromatic N) is 4. The highest BCUT2D eigenvalue weighted by atomic mass is 16.6. The van der Waals surface area contributed by atoms with Gasteiger partial charge < -0.3 is 0 Å². The lowest BCUT2D eigenvalue weighted by molar-refractivity contribution is -0.385. The number of hydrogen-bond donors (Lipinski definition) is 0. The summed E-state index contributed by atoms with van der Waals surface area (Å²) in [5.74, 6) is 0. The fraction of sp³-hybridized carbons (Fsp3) is 0.389. The number of benzene rings is 1. The Balaban J connectivity index is 1.54. The van der Waals surface area contributed by atoms with Crippen LogP contribution in [0.5, 0.6) is 0 Å². The first kappa shape index (κ1) is 16.5. The van der Waals surface area contributed by atoms with Crippen molar-refractivity contribution in [3.63, 3.8) is 0 Å². The van der Waals surface area contributed by atoms with E-state index in [2.05, 4.69) is 20.9 Å². The van der Waals surface area contributed by atoms with Crippen LogP contribution in [0.3, 0.4) is 0 Å². The second-order valence-electron chi connectivity index (χ2n) is 6.29. The number of piperazine rings is 1. The maximum Gasteiger partial charge on any atom is 0.272 e. The van der Waals surface area contributed by atoms with Crippen LogP contribution in [0.25, 0.3) is 0 Å². The van der Waals surface area contributed by atoms with Crippen molar-refractivity contribution in [1.82, 2.24) is 14.8 Å². The molecule has 6 nitrogen and oxygen atoms in total. The number of aryl methyl sites for hydroxylation is 1.